The summed E-state index contributed by atoms with van der Waals surface area (Å²) in [4.78, 5) is 21.3. The minimum Gasteiger partial charge on any atom is -0.392 e. The number of ether oxygens (including phenoxy) is 1. The number of benzene rings is 1. The highest BCUT2D eigenvalue weighted by molar-refractivity contribution is 5.94. The number of pyridine rings is 1. The van der Waals surface area contributed by atoms with E-state index in [0.29, 0.717) is 44.2 Å². The van der Waals surface area contributed by atoms with Crippen molar-refractivity contribution < 1.29 is 14.6 Å². The van der Waals surface area contributed by atoms with Crippen LogP contribution < -0.4 is 4.90 Å². The largest absolute Gasteiger partial charge is 0.392 e. The first-order valence-corrected chi connectivity index (χ1v) is 10.5. The summed E-state index contributed by atoms with van der Waals surface area (Å²) in [6.07, 6.45) is 3.96. The zero-order valence-electron chi connectivity index (χ0n) is 16.7. The standard InChI is InChI=1S/C23H29N3O3/c27-21(16-18-4-2-1-3-5-18)19-7-10-25(11-8-19)22-17-20(6-9-24-22)23(28)26-12-14-29-15-13-26/h1-6,9,17,19,21,27H,7-8,10-16H2/t21-/m0/s1. The Morgan fingerprint density at radius 2 is 1.83 bits per heavy atom. The van der Waals surface area contributed by atoms with E-state index in [1.54, 1.807) is 12.3 Å². The summed E-state index contributed by atoms with van der Waals surface area (Å²) in [7, 11) is 0. The fourth-order valence-electron chi connectivity index (χ4n) is 4.21. The lowest BCUT2D eigenvalue weighted by molar-refractivity contribution is 0.0303. The van der Waals surface area contributed by atoms with E-state index in [-0.39, 0.29) is 12.0 Å². The molecule has 0 radical (unpaired) electrons. The predicted octanol–water partition coefficient (Wildman–Crippen LogP) is 2.37. The number of nitrogens with zero attached hydrogens (tertiary/aromatic N) is 3. The molecule has 3 heterocycles. The predicted molar refractivity (Wildman–Crippen MR) is 112 cm³/mol. The van der Waals surface area contributed by atoms with Gasteiger partial charge in [0, 0.05) is 37.9 Å². The molecule has 154 valence electrons. The molecule has 4 rings (SSSR count). The molecule has 1 N–H and O–H groups in total. The van der Waals surface area contributed by atoms with Crippen molar-refractivity contribution in [1.82, 2.24) is 9.88 Å². The molecule has 2 aliphatic rings. The van der Waals surface area contributed by atoms with Gasteiger partial charge in [-0.15, -0.1) is 0 Å². The molecule has 0 spiro atoms. The first kappa shape index (κ1) is 19.9. The summed E-state index contributed by atoms with van der Waals surface area (Å²) < 4.78 is 5.34. The van der Waals surface area contributed by atoms with E-state index in [4.69, 9.17) is 4.74 Å². The molecule has 2 aromatic rings. The van der Waals surface area contributed by atoms with Crippen LogP contribution in [0.3, 0.4) is 0 Å². The molecule has 0 unspecified atom stereocenters. The summed E-state index contributed by atoms with van der Waals surface area (Å²) in [5.74, 6) is 1.19. The second-order valence-electron chi connectivity index (χ2n) is 7.89. The number of carbonyl (C=O) groups is 1. The van der Waals surface area contributed by atoms with Gasteiger partial charge in [-0.2, -0.15) is 0 Å². The van der Waals surface area contributed by atoms with Crippen molar-refractivity contribution in [2.45, 2.75) is 25.4 Å². The first-order chi connectivity index (χ1) is 14.2. The van der Waals surface area contributed by atoms with Gasteiger partial charge in [0.05, 0.1) is 19.3 Å². The first-order valence-electron chi connectivity index (χ1n) is 10.5. The molecule has 2 fully saturated rings. The van der Waals surface area contributed by atoms with Crippen LogP contribution in [0.25, 0.3) is 0 Å². The molecular weight excluding hydrogens is 366 g/mol. The average molecular weight is 396 g/mol. The fraction of sp³-hybridized carbons (Fsp3) is 0.478. The summed E-state index contributed by atoms with van der Waals surface area (Å²) in [6, 6.07) is 13.9. The lowest BCUT2D eigenvalue weighted by atomic mass is 9.88. The molecule has 1 amide bonds. The van der Waals surface area contributed by atoms with Crippen LogP contribution >= 0.6 is 0 Å². The van der Waals surface area contributed by atoms with Crippen molar-refractivity contribution in [2.75, 3.05) is 44.3 Å². The van der Waals surface area contributed by atoms with Crippen LogP contribution in [-0.4, -0.2) is 66.4 Å². The number of anilines is 1. The van der Waals surface area contributed by atoms with Crippen molar-refractivity contribution >= 4 is 11.7 Å². The highest BCUT2D eigenvalue weighted by atomic mass is 16.5. The lowest BCUT2D eigenvalue weighted by Crippen LogP contribution is -2.41. The van der Waals surface area contributed by atoms with Gasteiger partial charge in [-0.05, 0) is 42.9 Å². The molecule has 0 saturated carbocycles. The number of aromatic nitrogens is 1. The summed E-state index contributed by atoms with van der Waals surface area (Å²) >= 11 is 0. The summed E-state index contributed by atoms with van der Waals surface area (Å²) in [6.45, 7) is 4.17. The Hall–Kier alpha value is -2.44. The number of hydrogen-bond acceptors (Lipinski definition) is 5. The van der Waals surface area contributed by atoms with Gasteiger partial charge in [-0.1, -0.05) is 30.3 Å². The van der Waals surface area contributed by atoms with Crippen LogP contribution in [0.15, 0.2) is 48.7 Å². The van der Waals surface area contributed by atoms with Gasteiger partial charge in [-0.25, -0.2) is 4.98 Å². The van der Waals surface area contributed by atoms with Gasteiger partial charge in [0.1, 0.15) is 5.82 Å². The molecule has 1 aromatic carbocycles. The number of aliphatic hydroxyl groups excluding tert-OH is 1. The molecule has 6 heteroatoms. The average Bonchev–Trinajstić information content (AvgIpc) is 2.80. The molecular formula is C23H29N3O3. The maximum Gasteiger partial charge on any atom is 0.254 e. The second kappa shape index (κ2) is 9.37. The Labute approximate surface area is 172 Å². The maximum atomic E-state index is 12.7. The highest BCUT2D eigenvalue weighted by Gasteiger charge is 2.26. The monoisotopic (exact) mass is 395 g/mol. The third-order valence-corrected chi connectivity index (χ3v) is 5.99. The highest BCUT2D eigenvalue weighted by Crippen LogP contribution is 2.26. The lowest BCUT2D eigenvalue weighted by Gasteiger charge is -2.35. The molecule has 2 aliphatic heterocycles. The smallest absolute Gasteiger partial charge is 0.254 e. The van der Waals surface area contributed by atoms with Gasteiger partial charge in [0.25, 0.3) is 5.91 Å². The minimum absolute atomic E-state index is 0.0464. The van der Waals surface area contributed by atoms with Gasteiger partial charge in [0.2, 0.25) is 0 Å². The third-order valence-electron chi connectivity index (χ3n) is 5.99. The van der Waals surface area contributed by atoms with E-state index in [9.17, 15) is 9.90 Å². The topological polar surface area (TPSA) is 65.9 Å². The number of aliphatic hydroxyl groups is 1. The second-order valence-corrected chi connectivity index (χ2v) is 7.89. The molecule has 1 atom stereocenters. The van der Waals surface area contributed by atoms with Crippen LogP contribution in [0.4, 0.5) is 5.82 Å². The van der Waals surface area contributed by atoms with E-state index in [1.807, 2.05) is 29.2 Å². The SMILES string of the molecule is O=C(c1ccnc(N2CCC([C@@H](O)Cc3ccccc3)CC2)c1)N1CCOCC1. The number of carbonyl (C=O) groups excluding carboxylic acids is 1. The van der Waals surface area contributed by atoms with E-state index >= 15 is 0 Å². The van der Waals surface area contributed by atoms with Crippen LogP contribution in [0.1, 0.15) is 28.8 Å². The Bertz CT molecular complexity index is 800. The number of hydrogen-bond donors (Lipinski definition) is 1. The molecule has 2 saturated heterocycles. The Balaban J connectivity index is 1.34. The van der Waals surface area contributed by atoms with Gasteiger partial charge in [0.15, 0.2) is 0 Å². The molecule has 29 heavy (non-hydrogen) atoms. The normalized spacial score (nSPS) is 19.2. The molecule has 0 bridgehead atoms. The number of rotatable bonds is 5. The third kappa shape index (κ3) is 4.95. The van der Waals surface area contributed by atoms with Crippen LogP contribution in [0.2, 0.25) is 0 Å². The Morgan fingerprint density at radius 3 is 2.55 bits per heavy atom. The van der Waals surface area contributed by atoms with Crippen LogP contribution in [0.5, 0.6) is 0 Å². The Kier molecular flexibility index (Phi) is 6.42. The van der Waals surface area contributed by atoms with E-state index in [1.165, 1.54) is 5.56 Å². The maximum absolute atomic E-state index is 12.7. The van der Waals surface area contributed by atoms with Gasteiger partial charge < -0.3 is 19.6 Å². The van der Waals surface area contributed by atoms with Crippen molar-refractivity contribution in [3.05, 3.63) is 59.8 Å². The number of piperidine rings is 1. The van der Waals surface area contributed by atoms with E-state index in [0.717, 1.165) is 31.7 Å². The summed E-state index contributed by atoms with van der Waals surface area (Å²) in [5.41, 5.74) is 1.86. The van der Waals surface area contributed by atoms with Gasteiger partial charge in [-0.3, -0.25) is 4.79 Å². The minimum atomic E-state index is -0.318. The zero-order valence-corrected chi connectivity index (χ0v) is 16.7. The summed E-state index contributed by atoms with van der Waals surface area (Å²) in [5, 5.41) is 10.7. The number of amides is 1. The van der Waals surface area contributed by atoms with Crippen LogP contribution in [0, 0.1) is 5.92 Å². The van der Waals surface area contributed by atoms with Gasteiger partial charge >= 0.3 is 0 Å². The Morgan fingerprint density at radius 1 is 1.10 bits per heavy atom. The zero-order chi connectivity index (χ0) is 20.1. The molecule has 0 aliphatic carbocycles. The fourth-order valence-corrected chi connectivity index (χ4v) is 4.21. The van der Waals surface area contributed by atoms with Crippen molar-refractivity contribution in [3.63, 3.8) is 0 Å². The van der Waals surface area contributed by atoms with Crippen molar-refractivity contribution in [1.29, 1.82) is 0 Å². The van der Waals surface area contributed by atoms with Crippen molar-refractivity contribution in [2.24, 2.45) is 5.92 Å². The van der Waals surface area contributed by atoms with E-state index in [2.05, 4.69) is 22.0 Å². The molecule has 1 aromatic heterocycles. The van der Waals surface area contributed by atoms with Crippen LogP contribution in [-0.2, 0) is 11.2 Å². The number of morpholine rings is 1. The van der Waals surface area contributed by atoms with E-state index < -0.39 is 0 Å². The molecule has 6 nitrogen and oxygen atoms in total. The van der Waals surface area contributed by atoms with Crippen molar-refractivity contribution in [3.8, 4) is 0 Å². The quantitative estimate of drug-likeness (QED) is 0.842.